The summed E-state index contributed by atoms with van der Waals surface area (Å²) in [5.74, 6) is 0. The van der Waals surface area contributed by atoms with Crippen LogP contribution in [-0.2, 0) is 0 Å². The van der Waals surface area contributed by atoms with Crippen LogP contribution in [0.15, 0.2) is 24.8 Å². The van der Waals surface area contributed by atoms with Gasteiger partial charge in [-0.15, -0.1) is 0 Å². The van der Waals surface area contributed by atoms with Gasteiger partial charge in [0, 0.05) is 0 Å². The molecule has 0 heterocycles. The van der Waals surface area contributed by atoms with Gasteiger partial charge in [-0.05, 0) is 6.42 Å². The predicted octanol–water partition coefficient (Wildman–Crippen LogP) is 1.50. The summed E-state index contributed by atoms with van der Waals surface area (Å²) in [7, 11) is 0. The van der Waals surface area contributed by atoms with E-state index in [0.29, 0.717) is 0 Å². The maximum atomic E-state index is 8.85. The lowest BCUT2D eigenvalue weighted by Gasteiger charge is -1.95. The highest BCUT2D eigenvalue weighted by molar-refractivity contribution is 4.99. The van der Waals surface area contributed by atoms with Crippen molar-refractivity contribution < 1.29 is 5.11 Å². The van der Waals surface area contributed by atoms with Crippen molar-refractivity contribution in [3.8, 4) is 0 Å². The zero-order valence-corrected chi connectivity index (χ0v) is 5.17. The highest BCUT2D eigenvalue weighted by atomic mass is 16.3. The van der Waals surface area contributed by atoms with Gasteiger partial charge in [0.1, 0.15) is 0 Å². The van der Waals surface area contributed by atoms with Crippen LogP contribution in [0.2, 0.25) is 0 Å². The number of hydrogen-bond donors (Lipinski definition) is 1. The van der Waals surface area contributed by atoms with Crippen molar-refractivity contribution in [1.29, 1.82) is 0 Å². The Morgan fingerprint density at radius 3 is 2.75 bits per heavy atom. The van der Waals surface area contributed by atoms with Crippen molar-refractivity contribution in [1.82, 2.24) is 0 Å². The zero-order valence-electron chi connectivity index (χ0n) is 5.17. The molecule has 1 atom stereocenters. The van der Waals surface area contributed by atoms with Crippen molar-refractivity contribution in [2.75, 3.05) is 0 Å². The fraction of sp³-hybridized carbons (Fsp3) is 0.429. The van der Waals surface area contributed by atoms with E-state index in [1.807, 2.05) is 6.92 Å². The van der Waals surface area contributed by atoms with Gasteiger partial charge < -0.3 is 5.11 Å². The van der Waals surface area contributed by atoms with Gasteiger partial charge in [-0.25, -0.2) is 0 Å². The molecule has 1 nitrogen and oxygen atoms in total. The topological polar surface area (TPSA) is 20.2 Å². The second kappa shape index (κ2) is 4.60. The van der Waals surface area contributed by atoms with Crippen molar-refractivity contribution in [3.63, 3.8) is 0 Å². The lowest BCUT2D eigenvalue weighted by Crippen LogP contribution is -1.97. The van der Waals surface area contributed by atoms with E-state index in [2.05, 4.69) is 6.58 Å². The van der Waals surface area contributed by atoms with Crippen LogP contribution in [-0.4, -0.2) is 11.2 Å². The van der Waals surface area contributed by atoms with Crippen LogP contribution in [0, 0.1) is 0 Å². The molecule has 1 N–H and O–H groups in total. The Balaban J connectivity index is 3.35. The Morgan fingerprint density at radius 1 is 1.75 bits per heavy atom. The molecule has 0 bridgehead atoms. The molecule has 0 aromatic carbocycles. The average molecular weight is 112 g/mol. The van der Waals surface area contributed by atoms with E-state index in [9.17, 15) is 0 Å². The van der Waals surface area contributed by atoms with Crippen LogP contribution >= 0.6 is 0 Å². The van der Waals surface area contributed by atoms with Crippen LogP contribution in [0.5, 0.6) is 0 Å². The van der Waals surface area contributed by atoms with Crippen LogP contribution in [0.1, 0.15) is 13.3 Å². The van der Waals surface area contributed by atoms with Crippen molar-refractivity contribution >= 4 is 0 Å². The SMILES string of the molecule is C=C/C=C/C(O)CC. The summed E-state index contributed by atoms with van der Waals surface area (Å²) in [6.45, 7) is 5.40. The zero-order chi connectivity index (χ0) is 6.41. The third-order valence-corrected chi connectivity index (χ3v) is 0.888. The molecular weight excluding hydrogens is 100 g/mol. The standard InChI is InChI=1S/C7H12O/c1-3-5-6-7(8)4-2/h3,5-8H,1,4H2,2H3/b6-5+. The number of allylic oxidation sites excluding steroid dienone is 2. The highest BCUT2D eigenvalue weighted by Gasteiger charge is 1.88. The van der Waals surface area contributed by atoms with Gasteiger partial charge in [-0.2, -0.15) is 0 Å². The summed E-state index contributed by atoms with van der Waals surface area (Å²) >= 11 is 0. The average Bonchev–Trinajstić information content (AvgIpc) is 1.83. The summed E-state index contributed by atoms with van der Waals surface area (Å²) in [5, 5.41) is 8.85. The second-order valence-corrected chi connectivity index (χ2v) is 1.60. The number of aliphatic hydroxyl groups excluding tert-OH is 1. The molecule has 0 amide bonds. The lowest BCUT2D eigenvalue weighted by molar-refractivity contribution is 0.219. The second-order valence-electron chi connectivity index (χ2n) is 1.60. The van der Waals surface area contributed by atoms with E-state index in [0.717, 1.165) is 6.42 Å². The van der Waals surface area contributed by atoms with Crippen molar-refractivity contribution in [3.05, 3.63) is 24.8 Å². The number of rotatable bonds is 3. The first-order valence-electron chi connectivity index (χ1n) is 2.78. The molecule has 0 saturated heterocycles. The van der Waals surface area contributed by atoms with E-state index < -0.39 is 0 Å². The van der Waals surface area contributed by atoms with Crippen LogP contribution in [0.4, 0.5) is 0 Å². The summed E-state index contributed by atoms with van der Waals surface area (Å²) in [6, 6.07) is 0. The minimum absolute atomic E-state index is 0.298. The quantitative estimate of drug-likeness (QED) is 0.548. The van der Waals surface area contributed by atoms with Gasteiger partial charge >= 0.3 is 0 Å². The van der Waals surface area contributed by atoms with E-state index in [4.69, 9.17) is 5.11 Å². The number of aliphatic hydroxyl groups is 1. The molecule has 1 heteroatoms. The third kappa shape index (κ3) is 3.62. The van der Waals surface area contributed by atoms with Crippen LogP contribution < -0.4 is 0 Å². The van der Waals surface area contributed by atoms with Gasteiger partial charge in [-0.3, -0.25) is 0 Å². The number of hydrogen-bond acceptors (Lipinski definition) is 1. The molecule has 8 heavy (non-hydrogen) atoms. The van der Waals surface area contributed by atoms with Gasteiger partial charge in [0.15, 0.2) is 0 Å². The monoisotopic (exact) mass is 112 g/mol. The Bertz CT molecular complexity index is 84.4. The van der Waals surface area contributed by atoms with E-state index >= 15 is 0 Å². The molecule has 0 aliphatic carbocycles. The summed E-state index contributed by atoms with van der Waals surface area (Å²) < 4.78 is 0. The maximum absolute atomic E-state index is 8.85. The van der Waals surface area contributed by atoms with Crippen molar-refractivity contribution in [2.45, 2.75) is 19.4 Å². The Hall–Kier alpha value is -0.560. The third-order valence-electron chi connectivity index (χ3n) is 0.888. The molecule has 0 aromatic rings. The molecule has 0 saturated carbocycles. The molecule has 0 rings (SSSR count). The van der Waals surface area contributed by atoms with E-state index in [1.54, 1.807) is 18.2 Å². The molecule has 46 valence electrons. The molecular formula is C7H12O. The molecule has 0 aliphatic rings. The highest BCUT2D eigenvalue weighted by Crippen LogP contribution is 1.90. The van der Waals surface area contributed by atoms with Crippen LogP contribution in [0.25, 0.3) is 0 Å². The first-order valence-corrected chi connectivity index (χ1v) is 2.78. The fourth-order valence-electron chi connectivity index (χ4n) is 0.343. The maximum Gasteiger partial charge on any atom is 0.0721 e. The lowest BCUT2D eigenvalue weighted by atomic mass is 10.2. The Morgan fingerprint density at radius 2 is 2.38 bits per heavy atom. The largest absolute Gasteiger partial charge is 0.389 e. The van der Waals surface area contributed by atoms with Gasteiger partial charge in [0.25, 0.3) is 0 Å². The molecule has 1 unspecified atom stereocenters. The van der Waals surface area contributed by atoms with Gasteiger partial charge in [0.05, 0.1) is 6.10 Å². The van der Waals surface area contributed by atoms with Gasteiger partial charge in [-0.1, -0.05) is 31.7 Å². The predicted molar refractivity (Wildman–Crippen MR) is 35.6 cm³/mol. The van der Waals surface area contributed by atoms with Crippen LogP contribution in [0.3, 0.4) is 0 Å². The molecule has 0 radical (unpaired) electrons. The molecule has 0 spiro atoms. The first kappa shape index (κ1) is 7.44. The minimum atomic E-state index is -0.298. The summed E-state index contributed by atoms with van der Waals surface area (Å²) in [5.41, 5.74) is 0. The molecule has 0 aliphatic heterocycles. The van der Waals surface area contributed by atoms with E-state index in [-0.39, 0.29) is 6.10 Å². The minimum Gasteiger partial charge on any atom is -0.389 e. The normalized spacial score (nSPS) is 14.2. The first-order chi connectivity index (χ1) is 3.81. The Labute approximate surface area is 50.3 Å². The van der Waals surface area contributed by atoms with E-state index in [1.165, 1.54) is 0 Å². The summed E-state index contributed by atoms with van der Waals surface area (Å²) in [4.78, 5) is 0. The molecule has 0 fully saturated rings. The summed E-state index contributed by atoms with van der Waals surface area (Å²) in [6.07, 6.45) is 5.58. The van der Waals surface area contributed by atoms with Crippen molar-refractivity contribution in [2.24, 2.45) is 0 Å². The smallest absolute Gasteiger partial charge is 0.0721 e. The van der Waals surface area contributed by atoms with Gasteiger partial charge in [0.2, 0.25) is 0 Å². The fourth-order valence-corrected chi connectivity index (χ4v) is 0.343. The Kier molecular flexibility index (Phi) is 4.27. The molecule has 0 aromatic heterocycles.